The van der Waals surface area contributed by atoms with Crippen LogP contribution in [0.5, 0.6) is 5.75 Å². The summed E-state index contributed by atoms with van der Waals surface area (Å²) in [4.78, 5) is 11.4. The van der Waals surface area contributed by atoms with Crippen LogP contribution >= 0.6 is 0 Å². The number of carbonyl (C=O) groups excluding carboxylic acids is 1. The summed E-state index contributed by atoms with van der Waals surface area (Å²) in [5, 5.41) is 3.78. The molecule has 0 unspecified atom stereocenters. The first-order chi connectivity index (χ1) is 9.26. The summed E-state index contributed by atoms with van der Waals surface area (Å²) in [6, 6.07) is 7.88. The van der Waals surface area contributed by atoms with Crippen LogP contribution in [-0.2, 0) is 11.2 Å². The highest BCUT2D eigenvalue weighted by Gasteiger charge is 2.00. The van der Waals surface area contributed by atoms with Crippen molar-refractivity contribution < 1.29 is 9.53 Å². The zero-order chi connectivity index (χ0) is 13.9. The molecular weight excluding hydrogens is 240 g/mol. The monoisotopic (exact) mass is 260 g/mol. The van der Waals surface area contributed by atoms with Gasteiger partial charge in [0, 0.05) is 12.6 Å². The summed E-state index contributed by atoms with van der Waals surface area (Å²) < 4.78 is 5.09. The summed E-state index contributed by atoms with van der Waals surface area (Å²) in [5.41, 5.74) is 3.68. The van der Waals surface area contributed by atoms with Crippen molar-refractivity contribution in [3.05, 3.63) is 42.0 Å². The number of allylic oxidation sites excluding steroid dienone is 2. The van der Waals surface area contributed by atoms with Gasteiger partial charge in [0.15, 0.2) is 0 Å². The third-order valence-electron chi connectivity index (χ3n) is 2.57. The molecule has 0 saturated carbocycles. The lowest BCUT2D eigenvalue weighted by molar-refractivity contribution is -0.121. The van der Waals surface area contributed by atoms with E-state index in [1.54, 1.807) is 19.4 Å². The minimum absolute atomic E-state index is 0.0609. The van der Waals surface area contributed by atoms with E-state index in [-0.39, 0.29) is 5.91 Å². The molecule has 0 bridgehead atoms. The van der Waals surface area contributed by atoms with Gasteiger partial charge in [0.05, 0.1) is 7.11 Å². The average molecular weight is 260 g/mol. The van der Waals surface area contributed by atoms with Crippen molar-refractivity contribution in [1.82, 2.24) is 5.43 Å². The maximum Gasteiger partial charge on any atom is 0.240 e. The number of nitrogens with zero attached hydrogens (tertiary/aromatic N) is 1. The van der Waals surface area contributed by atoms with E-state index in [1.807, 2.05) is 37.3 Å². The molecule has 0 aliphatic rings. The van der Waals surface area contributed by atoms with E-state index in [1.165, 1.54) is 5.56 Å². The number of rotatable bonds is 7. The minimum Gasteiger partial charge on any atom is -0.497 e. The molecular formula is C15H20N2O2. The lowest BCUT2D eigenvalue weighted by Crippen LogP contribution is -2.16. The number of ether oxygens (including phenoxy) is 1. The quantitative estimate of drug-likeness (QED) is 0.605. The second-order valence-corrected chi connectivity index (χ2v) is 4.04. The maximum absolute atomic E-state index is 11.4. The van der Waals surface area contributed by atoms with Gasteiger partial charge in [-0.25, -0.2) is 5.43 Å². The Labute approximate surface area is 114 Å². The number of carbonyl (C=O) groups is 1. The van der Waals surface area contributed by atoms with Crippen molar-refractivity contribution in [2.75, 3.05) is 7.11 Å². The SMILES string of the molecule is C/C=C/C=N\NC(=O)CCCc1ccc(OC)cc1. The molecule has 0 fully saturated rings. The molecule has 0 atom stereocenters. The summed E-state index contributed by atoms with van der Waals surface area (Å²) >= 11 is 0. The van der Waals surface area contributed by atoms with Crippen molar-refractivity contribution in [2.45, 2.75) is 26.2 Å². The van der Waals surface area contributed by atoms with Gasteiger partial charge >= 0.3 is 0 Å². The Morgan fingerprint density at radius 3 is 2.74 bits per heavy atom. The molecule has 102 valence electrons. The molecule has 1 N–H and O–H groups in total. The van der Waals surface area contributed by atoms with Crippen LogP contribution in [0.4, 0.5) is 0 Å². The van der Waals surface area contributed by atoms with Crippen LogP contribution in [0.2, 0.25) is 0 Å². The third kappa shape index (κ3) is 6.41. The molecule has 0 aromatic heterocycles. The molecule has 0 aliphatic heterocycles. The predicted octanol–water partition coefficient (Wildman–Crippen LogP) is 2.70. The molecule has 0 spiro atoms. The van der Waals surface area contributed by atoms with Crippen molar-refractivity contribution in [3.63, 3.8) is 0 Å². The summed E-state index contributed by atoms with van der Waals surface area (Å²) in [6.07, 6.45) is 7.31. The van der Waals surface area contributed by atoms with Crippen molar-refractivity contribution in [1.29, 1.82) is 0 Å². The highest BCUT2D eigenvalue weighted by Crippen LogP contribution is 2.13. The number of benzene rings is 1. The highest BCUT2D eigenvalue weighted by molar-refractivity contribution is 5.78. The lowest BCUT2D eigenvalue weighted by Gasteiger charge is -2.03. The number of hydrogen-bond acceptors (Lipinski definition) is 3. The van der Waals surface area contributed by atoms with Gasteiger partial charge in [-0.1, -0.05) is 18.2 Å². The zero-order valence-corrected chi connectivity index (χ0v) is 11.4. The number of methoxy groups -OCH3 is 1. The lowest BCUT2D eigenvalue weighted by atomic mass is 10.1. The molecule has 1 aromatic carbocycles. The largest absolute Gasteiger partial charge is 0.497 e. The smallest absolute Gasteiger partial charge is 0.240 e. The molecule has 0 aliphatic carbocycles. The van der Waals surface area contributed by atoms with Crippen LogP contribution in [0.25, 0.3) is 0 Å². The number of aryl methyl sites for hydroxylation is 1. The predicted molar refractivity (Wildman–Crippen MR) is 77.4 cm³/mol. The van der Waals surface area contributed by atoms with E-state index in [4.69, 9.17) is 4.74 Å². The Bertz CT molecular complexity index is 436. The van der Waals surface area contributed by atoms with Crippen molar-refractivity contribution >= 4 is 12.1 Å². The number of hydrazone groups is 1. The molecule has 0 saturated heterocycles. The Hall–Kier alpha value is -2.10. The number of nitrogens with one attached hydrogen (secondary N) is 1. The Morgan fingerprint density at radius 2 is 2.11 bits per heavy atom. The van der Waals surface area contributed by atoms with E-state index in [9.17, 15) is 4.79 Å². The molecule has 19 heavy (non-hydrogen) atoms. The minimum atomic E-state index is -0.0609. The Kier molecular flexibility index (Phi) is 7.02. The van der Waals surface area contributed by atoms with E-state index >= 15 is 0 Å². The topological polar surface area (TPSA) is 50.7 Å². The van der Waals surface area contributed by atoms with Gasteiger partial charge in [-0.15, -0.1) is 0 Å². The van der Waals surface area contributed by atoms with Crippen molar-refractivity contribution in [3.8, 4) is 5.75 Å². The van der Waals surface area contributed by atoms with Crippen LogP contribution < -0.4 is 10.2 Å². The van der Waals surface area contributed by atoms with E-state index in [0.717, 1.165) is 18.6 Å². The molecule has 4 nitrogen and oxygen atoms in total. The van der Waals surface area contributed by atoms with Crippen molar-refractivity contribution in [2.24, 2.45) is 5.10 Å². The normalized spacial score (nSPS) is 11.1. The molecule has 1 rings (SSSR count). The van der Waals surface area contributed by atoms with Gasteiger partial charge in [0.1, 0.15) is 5.75 Å². The van der Waals surface area contributed by atoms with E-state index < -0.39 is 0 Å². The second-order valence-electron chi connectivity index (χ2n) is 4.04. The van der Waals surface area contributed by atoms with Crippen LogP contribution in [0.1, 0.15) is 25.3 Å². The van der Waals surface area contributed by atoms with Crippen LogP contribution in [0.15, 0.2) is 41.5 Å². The molecule has 4 heteroatoms. The van der Waals surface area contributed by atoms with Crippen LogP contribution in [0, 0.1) is 0 Å². The maximum atomic E-state index is 11.4. The molecule has 1 amide bonds. The standard InChI is InChI=1S/C15H20N2O2/c1-3-4-12-16-17-15(18)7-5-6-13-8-10-14(19-2)11-9-13/h3-4,8-12H,5-7H2,1-2H3,(H,17,18)/b4-3+,16-12-. The zero-order valence-electron chi connectivity index (χ0n) is 11.4. The van der Waals surface area contributed by atoms with Gasteiger partial charge in [-0.05, 0) is 43.5 Å². The molecule has 0 radical (unpaired) electrons. The molecule has 0 heterocycles. The first-order valence-electron chi connectivity index (χ1n) is 6.32. The van der Waals surface area contributed by atoms with Crippen LogP contribution in [0.3, 0.4) is 0 Å². The Morgan fingerprint density at radius 1 is 1.37 bits per heavy atom. The molecule has 1 aromatic rings. The fourth-order valence-corrected chi connectivity index (χ4v) is 1.54. The number of amides is 1. The summed E-state index contributed by atoms with van der Waals surface area (Å²) in [5.74, 6) is 0.786. The van der Waals surface area contributed by atoms with Gasteiger partial charge in [0.2, 0.25) is 5.91 Å². The number of hydrogen-bond donors (Lipinski definition) is 1. The van der Waals surface area contributed by atoms with Crippen LogP contribution in [-0.4, -0.2) is 19.2 Å². The van der Waals surface area contributed by atoms with Gasteiger partial charge in [0.25, 0.3) is 0 Å². The van der Waals surface area contributed by atoms with Gasteiger partial charge in [-0.3, -0.25) is 4.79 Å². The Balaban J connectivity index is 2.23. The third-order valence-corrected chi connectivity index (χ3v) is 2.57. The summed E-state index contributed by atoms with van der Waals surface area (Å²) in [6.45, 7) is 1.89. The highest BCUT2D eigenvalue weighted by atomic mass is 16.5. The fraction of sp³-hybridized carbons (Fsp3) is 0.333. The first kappa shape index (κ1) is 15.0. The van der Waals surface area contributed by atoms with Gasteiger partial charge in [-0.2, -0.15) is 5.10 Å². The fourth-order valence-electron chi connectivity index (χ4n) is 1.54. The van der Waals surface area contributed by atoms with E-state index in [2.05, 4.69) is 10.5 Å². The summed E-state index contributed by atoms with van der Waals surface area (Å²) in [7, 11) is 1.65. The average Bonchev–Trinajstić information content (AvgIpc) is 2.44. The first-order valence-corrected chi connectivity index (χ1v) is 6.32. The van der Waals surface area contributed by atoms with Gasteiger partial charge < -0.3 is 4.74 Å². The van der Waals surface area contributed by atoms with E-state index in [0.29, 0.717) is 6.42 Å². The second kappa shape index (κ2) is 8.91.